The van der Waals surface area contributed by atoms with Crippen molar-refractivity contribution in [2.24, 2.45) is 0 Å². The molecule has 7 heteroatoms. The van der Waals surface area contributed by atoms with Crippen LogP contribution in [0.5, 0.6) is 0 Å². The lowest BCUT2D eigenvalue weighted by Crippen LogP contribution is -2.46. The predicted molar refractivity (Wildman–Crippen MR) is 95.8 cm³/mol. The molecule has 0 saturated carbocycles. The molecule has 2 rings (SSSR count). The second-order valence-electron chi connectivity index (χ2n) is 5.88. The summed E-state index contributed by atoms with van der Waals surface area (Å²) in [7, 11) is 0. The number of hydrogen-bond acceptors (Lipinski definition) is 3. The zero-order chi connectivity index (χ0) is 18.1. The molecule has 0 radical (unpaired) electrons. The molecule has 0 aliphatic rings. The Morgan fingerprint density at radius 1 is 1.28 bits per heavy atom. The maximum absolute atomic E-state index is 12.3. The van der Waals surface area contributed by atoms with Crippen LogP contribution in [0.2, 0.25) is 0 Å². The molecular weight excluding hydrogens is 318 g/mol. The first kappa shape index (κ1) is 18.5. The number of nitrogens with zero attached hydrogens (tertiary/aromatic N) is 3. The topological polar surface area (TPSA) is 79.3 Å². The second kappa shape index (κ2) is 9.46. The summed E-state index contributed by atoms with van der Waals surface area (Å²) >= 11 is 0. The molecule has 1 aromatic carbocycles. The first-order valence-corrected chi connectivity index (χ1v) is 8.40. The highest BCUT2D eigenvalue weighted by Crippen LogP contribution is 2.04. The molecule has 0 aliphatic carbocycles. The Kier molecular flexibility index (Phi) is 7.00. The van der Waals surface area contributed by atoms with Crippen molar-refractivity contribution in [3.8, 4) is 0 Å². The molecule has 0 fully saturated rings. The number of nitrogens with one attached hydrogen (secondary N) is 2. The summed E-state index contributed by atoms with van der Waals surface area (Å²) < 4.78 is 1.88. The Bertz CT molecular complexity index is 657. The van der Waals surface area contributed by atoms with Crippen LogP contribution >= 0.6 is 0 Å². The van der Waals surface area contributed by atoms with Crippen molar-refractivity contribution in [3.63, 3.8) is 0 Å². The Morgan fingerprint density at radius 2 is 2.04 bits per heavy atom. The summed E-state index contributed by atoms with van der Waals surface area (Å²) in [5, 5.41) is 5.44. The minimum absolute atomic E-state index is 0.0235. The molecule has 1 heterocycles. The molecule has 0 spiro atoms. The Morgan fingerprint density at radius 3 is 2.68 bits per heavy atom. The van der Waals surface area contributed by atoms with Crippen molar-refractivity contribution in [2.75, 3.05) is 13.1 Å². The highest BCUT2D eigenvalue weighted by atomic mass is 16.2. The molecule has 2 aromatic rings. The van der Waals surface area contributed by atoms with Gasteiger partial charge in [0, 0.05) is 38.1 Å². The molecule has 1 atom stereocenters. The number of amides is 3. The highest BCUT2D eigenvalue weighted by molar-refractivity contribution is 5.84. The van der Waals surface area contributed by atoms with Gasteiger partial charge in [-0.15, -0.1) is 0 Å². The van der Waals surface area contributed by atoms with Gasteiger partial charge in [0.05, 0.1) is 12.9 Å². The Balaban J connectivity index is 1.74. The molecule has 0 saturated heterocycles. The number of hydrogen-bond donors (Lipinski definition) is 2. The van der Waals surface area contributed by atoms with Crippen molar-refractivity contribution in [1.29, 1.82) is 0 Å². The number of aromatic nitrogens is 2. The fraction of sp³-hybridized carbons (Fsp3) is 0.389. The van der Waals surface area contributed by atoms with Crippen LogP contribution < -0.4 is 10.6 Å². The zero-order valence-electron chi connectivity index (χ0n) is 14.7. The average molecular weight is 343 g/mol. The van der Waals surface area contributed by atoms with E-state index in [4.69, 9.17) is 0 Å². The van der Waals surface area contributed by atoms with E-state index in [2.05, 4.69) is 15.6 Å². The largest absolute Gasteiger partial charge is 0.337 e. The van der Waals surface area contributed by atoms with Gasteiger partial charge in [-0.1, -0.05) is 30.3 Å². The zero-order valence-corrected chi connectivity index (χ0v) is 14.7. The summed E-state index contributed by atoms with van der Waals surface area (Å²) in [6.45, 7) is 5.55. The van der Waals surface area contributed by atoms with Crippen LogP contribution in [0, 0.1) is 0 Å². The summed E-state index contributed by atoms with van der Waals surface area (Å²) in [5.41, 5.74) is 1.07. The smallest absolute Gasteiger partial charge is 0.315 e. The van der Waals surface area contributed by atoms with Crippen molar-refractivity contribution < 1.29 is 9.59 Å². The van der Waals surface area contributed by atoms with Crippen LogP contribution in [0.1, 0.15) is 19.4 Å². The lowest BCUT2D eigenvalue weighted by atomic mass is 10.2. The fourth-order valence-electron chi connectivity index (χ4n) is 2.48. The number of likely N-dealkylation sites (N-methyl/N-ethyl adjacent to an activating group) is 1. The van der Waals surface area contributed by atoms with E-state index in [1.54, 1.807) is 17.4 Å². The van der Waals surface area contributed by atoms with Crippen molar-refractivity contribution in [1.82, 2.24) is 25.1 Å². The third-order valence-electron chi connectivity index (χ3n) is 3.77. The minimum atomic E-state index is -0.350. The Labute approximate surface area is 148 Å². The average Bonchev–Trinajstić information content (AvgIpc) is 3.11. The van der Waals surface area contributed by atoms with Crippen molar-refractivity contribution >= 4 is 11.9 Å². The minimum Gasteiger partial charge on any atom is -0.337 e. The molecular formula is C18H25N5O2. The van der Waals surface area contributed by atoms with E-state index >= 15 is 0 Å². The van der Waals surface area contributed by atoms with E-state index in [1.165, 1.54) is 0 Å². The van der Waals surface area contributed by atoms with Crippen LogP contribution in [0.3, 0.4) is 0 Å². The number of rotatable bonds is 8. The third kappa shape index (κ3) is 6.29. The van der Waals surface area contributed by atoms with Gasteiger partial charge in [0.1, 0.15) is 0 Å². The molecule has 1 aromatic heterocycles. The first-order chi connectivity index (χ1) is 12.1. The monoisotopic (exact) mass is 343 g/mol. The fourth-order valence-corrected chi connectivity index (χ4v) is 2.48. The number of urea groups is 1. The van der Waals surface area contributed by atoms with Gasteiger partial charge in [0.2, 0.25) is 5.91 Å². The van der Waals surface area contributed by atoms with Gasteiger partial charge < -0.3 is 20.1 Å². The highest BCUT2D eigenvalue weighted by Gasteiger charge is 2.14. The maximum atomic E-state index is 12.3. The maximum Gasteiger partial charge on any atom is 0.315 e. The first-order valence-electron chi connectivity index (χ1n) is 8.40. The van der Waals surface area contributed by atoms with E-state index in [1.807, 2.05) is 54.9 Å². The van der Waals surface area contributed by atoms with Gasteiger partial charge in [0.25, 0.3) is 0 Å². The van der Waals surface area contributed by atoms with Crippen molar-refractivity contribution in [2.45, 2.75) is 33.0 Å². The Hall–Kier alpha value is -2.83. The molecule has 0 aliphatic heterocycles. The number of carbonyl (C=O) groups excluding carboxylic acids is 2. The molecule has 1 unspecified atom stereocenters. The summed E-state index contributed by atoms with van der Waals surface area (Å²) in [6, 6.07) is 9.37. The standard InChI is InChI=1S/C18H25N5O2/c1-3-23(13-16-7-5-4-6-8-16)17(24)11-20-18(25)21-15(2)12-22-10-9-19-14-22/h4-10,14-15H,3,11-13H2,1-2H3,(H2,20,21,25). The van der Waals surface area contributed by atoms with Gasteiger partial charge in [-0.05, 0) is 19.4 Å². The van der Waals surface area contributed by atoms with Gasteiger partial charge in [-0.3, -0.25) is 4.79 Å². The lowest BCUT2D eigenvalue weighted by Gasteiger charge is -2.22. The van der Waals surface area contributed by atoms with Crippen molar-refractivity contribution in [3.05, 3.63) is 54.6 Å². The van der Waals surface area contributed by atoms with Crippen LogP contribution in [-0.2, 0) is 17.9 Å². The summed E-state index contributed by atoms with van der Waals surface area (Å²) in [6.07, 6.45) is 5.22. The van der Waals surface area contributed by atoms with E-state index < -0.39 is 0 Å². The SMILES string of the molecule is CCN(Cc1ccccc1)C(=O)CNC(=O)NC(C)Cn1ccnc1. The number of carbonyl (C=O) groups is 2. The van der Waals surface area contributed by atoms with Crippen LogP contribution in [-0.4, -0.2) is 45.5 Å². The van der Waals surface area contributed by atoms with E-state index in [0.717, 1.165) is 5.56 Å². The third-order valence-corrected chi connectivity index (χ3v) is 3.77. The lowest BCUT2D eigenvalue weighted by molar-refractivity contribution is -0.130. The molecule has 25 heavy (non-hydrogen) atoms. The summed E-state index contributed by atoms with van der Waals surface area (Å²) in [4.78, 5) is 29.9. The molecule has 134 valence electrons. The van der Waals surface area contributed by atoms with Gasteiger partial charge in [0.15, 0.2) is 0 Å². The van der Waals surface area contributed by atoms with Gasteiger partial charge in [-0.25, -0.2) is 9.78 Å². The second-order valence-corrected chi connectivity index (χ2v) is 5.88. The van der Waals surface area contributed by atoms with E-state index in [-0.39, 0.29) is 24.5 Å². The molecule has 0 bridgehead atoms. The summed E-state index contributed by atoms with van der Waals surface area (Å²) in [5.74, 6) is -0.108. The van der Waals surface area contributed by atoms with Crippen LogP contribution in [0.25, 0.3) is 0 Å². The quantitative estimate of drug-likeness (QED) is 0.764. The van der Waals surface area contributed by atoms with Crippen LogP contribution in [0.4, 0.5) is 4.79 Å². The molecule has 7 nitrogen and oxygen atoms in total. The van der Waals surface area contributed by atoms with Gasteiger partial charge in [-0.2, -0.15) is 0 Å². The van der Waals surface area contributed by atoms with Crippen LogP contribution in [0.15, 0.2) is 49.1 Å². The number of imidazole rings is 1. The predicted octanol–water partition coefficient (Wildman–Crippen LogP) is 1.62. The van der Waals surface area contributed by atoms with E-state index in [0.29, 0.717) is 19.6 Å². The number of benzene rings is 1. The van der Waals surface area contributed by atoms with E-state index in [9.17, 15) is 9.59 Å². The molecule has 2 N–H and O–H groups in total. The normalized spacial score (nSPS) is 11.6. The molecule has 3 amide bonds. The van der Waals surface area contributed by atoms with Gasteiger partial charge >= 0.3 is 6.03 Å².